The fourth-order valence-corrected chi connectivity index (χ4v) is 5.22. The molecule has 0 radical (unpaired) electrons. The van der Waals surface area contributed by atoms with E-state index < -0.39 is 0 Å². The lowest BCUT2D eigenvalue weighted by Gasteiger charge is -2.17. The van der Waals surface area contributed by atoms with Crippen molar-refractivity contribution in [2.75, 3.05) is 13.1 Å². The Morgan fingerprint density at radius 3 is 2.41 bits per heavy atom. The van der Waals surface area contributed by atoms with Gasteiger partial charge >= 0.3 is 0 Å². The molecule has 0 spiro atoms. The van der Waals surface area contributed by atoms with Crippen LogP contribution in [-0.4, -0.2) is 41.6 Å². The standard InChI is InChI=1S/C19H21N3O4S/c1-10(23)21-9-13-4-5-14(27-13)17(24)20-6-7-22-18(25)15-11-2-3-12(8-11)16(15)19(22)26/h2-5,11-12,15-16H,6-9H2,1H3,(H,20,24)(H,21,23)/t11-,12-,15-,16-/m0/s1. The van der Waals surface area contributed by atoms with Gasteiger partial charge in [0.15, 0.2) is 0 Å². The molecular formula is C19H21N3O4S. The summed E-state index contributed by atoms with van der Waals surface area (Å²) in [6, 6.07) is 3.50. The molecule has 4 rings (SSSR count). The minimum absolute atomic E-state index is 0.0928. The van der Waals surface area contributed by atoms with Crippen molar-refractivity contribution in [1.82, 2.24) is 15.5 Å². The number of hydrogen-bond acceptors (Lipinski definition) is 5. The lowest BCUT2D eigenvalue weighted by Crippen LogP contribution is -2.39. The lowest BCUT2D eigenvalue weighted by molar-refractivity contribution is -0.140. The van der Waals surface area contributed by atoms with E-state index in [-0.39, 0.29) is 60.4 Å². The van der Waals surface area contributed by atoms with E-state index in [2.05, 4.69) is 22.8 Å². The highest BCUT2D eigenvalue weighted by atomic mass is 32.1. The Labute approximate surface area is 160 Å². The highest BCUT2D eigenvalue weighted by Crippen LogP contribution is 2.52. The zero-order chi connectivity index (χ0) is 19.1. The molecule has 142 valence electrons. The second-order valence-corrected chi connectivity index (χ2v) is 8.43. The molecule has 1 aliphatic heterocycles. The fraction of sp³-hybridized carbons (Fsp3) is 0.474. The molecule has 2 aliphatic carbocycles. The van der Waals surface area contributed by atoms with Gasteiger partial charge in [-0.1, -0.05) is 12.2 Å². The van der Waals surface area contributed by atoms with E-state index in [9.17, 15) is 19.2 Å². The maximum atomic E-state index is 12.6. The first-order valence-electron chi connectivity index (χ1n) is 9.10. The summed E-state index contributed by atoms with van der Waals surface area (Å²) in [6.45, 7) is 2.28. The summed E-state index contributed by atoms with van der Waals surface area (Å²) in [7, 11) is 0. The van der Waals surface area contributed by atoms with Gasteiger partial charge in [-0.2, -0.15) is 0 Å². The van der Waals surface area contributed by atoms with E-state index in [1.807, 2.05) is 0 Å². The molecule has 1 saturated heterocycles. The van der Waals surface area contributed by atoms with Gasteiger partial charge in [0, 0.05) is 24.9 Å². The third-order valence-corrected chi connectivity index (χ3v) is 6.66. The average Bonchev–Trinajstić information content (AvgIpc) is 3.40. The molecule has 27 heavy (non-hydrogen) atoms. The molecule has 4 amide bonds. The van der Waals surface area contributed by atoms with E-state index in [4.69, 9.17) is 0 Å². The van der Waals surface area contributed by atoms with Crippen LogP contribution in [0.25, 0.3) is 0 Å². The number of nitrogens with one attached hydrogen (secondary N) is 2. The van der Waals surface area contributed by atoms with Crippen molar-refractivity contribution >= 4 is 35.0 Å². The summed E-state index contributed by atoms with van der Waals surface area (Å²) in [5.41, 5.74) is 0. The smallest absolute Gasteiger partial charge is 0.261 e. The summed E-state index contributed by atoms with van der Waals surface area (Å²) in [5, 5.41) is 5.46. The number of carbonyl (C=O) groups is 4. The molecule has 2 fully saturated rings. The quantitative estimate of drug-likeness (QED) is 0.561. The molecule has 7 nitrogen and oxygen atoms in total. The summed E-state index contributed by atoms with van der Waals surface area (Å²) < 4.78 is 0. The first-order valence-corrected chi connectivity index (χ1v) is 9.92. The van der Waals surface area contributed by atoms with Gasteiger partial charge in [-0.25, -0.2) is 0 Å². The van der Waals surface area contributed by atoms with Crippen molar-refractivity contribution in [2.45, 2.75) is 19.9 Å². The van der Waals surface area contributed by atoms with Crippen LogP contribution in [0.3, 0.4) is 0 Å². The molecule has 8 heteroatoms. The number of imide groups is 1. The Bertz CT molecular complexity index is 816. The lowest BCUT2D eigenvalue weighted by atomic mass is 9.85. The topological polar surface area (TPSA) is 95.6 Å². The highest BCUT2D eigenvalue weighted by molar-refractivity contribution is 7.14. The van der Waals surface area contributed by atoms with Crippen LogP contribution in [0.15, 0.2) is 24.3 Å². The van der Waals surface area contributed by atoms with Gasteiger partial charge in [0.2, 0.25) is 17.7 Å². The second-order valence-electron chi connectivity index (χ2n) is 7.26. The molecule has 0 aromatic carbocycles. The van der Waals surface area contributed by atoms with Crippen LogP contribution in [0.1, 0.15) is 27.9 Å². The van der Waals surface area contributed by atoms with Crippen LogP contribution in [0, 0.1) is 23.7 Å². The van der Waals surface area contributed by atoms with Crippen LogP contribution >= 0.6 is 11.3 Å². The van der Waals surface area contributed by atoms with Crippen molar-refractivity contribution in [3.05, 3.63) is 34.0 Å². The molecular weight excluding hydrogens is 366 g/mol. The molecule has 2 bridgehead atoms. The molecule has 4 atom stereocenters. The average molecular weight is 387 g/mol. The maximum absolute atomic E-state index is 12.6. The van der Waals surface area contributed by atoms with E-state index in [0.717, 1.165) is 11.3 Å². The van der Waals surface area contributed by atoms with Gasteiger partial charge in [-0.15, -0.1) is 11.3 Å². The summed E-state index contributed by atoms with van der Waals surface area (Å²) in [5.74, 6) is -0.547. The highest BCUT2D eigenvalue weighted by Gasteiger charge is 2.58. The number of likely N-dealkylation sites (tertiary alicyclic amines) is 1. The predicted molar refractivity (Wildman–Crippen MR) is 98.6 cm³/mol. The van der Waals surface area contributed by atoms with Gasteiger partial charge in [0.1, 0.15) is 0 Å². The van der Waals surface area contributed by atoms with Gasteiger partial charge in [-0.05, 0) is 30.4 Å². The number of hydrogen-bond donors (Lipinski definition) is 2. The SMILES string of the molecule is CC(=O)NCc1ccc(C(=O)NCCN2C(=O)[C@@H]3[C@@H](C2=O)[C@H]2C=C[C@H]3C2)s1. The van der Waals surface area contributed by atoms with Crippen LogP contribution in [0.5, 0.6) is 0 Å². The molecule has 0 unspecified atom stereocenters. The Morgan fingerprint density at radius 1 is 1.11 bits per heavy atom. The summed E-state index contributed by atoms with van der Waals surface area (Å²) in [4.78, 5) is 51.1. The zero-order valence-corrected chi connectivity index (χ0v) is 15.8. The van der Waals surface area contributed by atoms with Gasteiger partial charge in [0.25, 0.3) is 5.91 Å². The molecule has 1 aromatic rings. The number of thiophene rings is 1. The Hall–Kier alpha value is -2.48. The van der Waals surface area contributed by atoms with Crippen LogP contribution in [0.2, 0.25) is 0 Å². The molecule has 2 N–H and O–H groups in total. The van der Waals surface area contributed by atoms with Crippen molar-refractivity contribution in [3.8, 4) is 0 Å². The Kier molecular flexibility index (Phi) is 4.59. The minimum Gasteiger partial charge on any atom is -0.351 e. The minimum atomic E-state index is -0.241. The Morgan fingerprint density at radius 2 is 1.78 bits per heavy atom. The van der Waals surface area contributed by atoms with E-state index >= 15 is 0 Å². The van der Waals surface area contributed by atoms with Crippen molar-refractivity contribution in [1.29, 1.82) is 0 Å². The van der Waals surface area contributed by atoms with Gasteiger partial charge in [0.05, 0.1) is 23.3 Å². The number of carbonyl (C=O) groups excluding carboxylic acids is 4. The summed E-state index contributed by atoms with van der Waals surface area (Å²) in [6.07, 6.45) is 5.05. The van der Waals surface area contributed by atoms with Crippen molar-refractivity contribution in [3.63, 3.8) is 0 Å². The number of amides is 4. The third kappa shape index (κ3) is 3.18. The fourth-order valence-electron chi connectivity index (χ4n) is 4.36. The predicted octanol–water partition coefficient (Wildman–Crippen LogP) is 0.921. The van der Waals surface area contributed by atoms with Crippen LogP contribution in [-0.2, 0) is 20.9 Å². The third-order valence-electron chi connectivity index (χ3n) is 5.58. The van der Waals surface area contributed by atoms with E-state index in [1.165, 1.54) is 23.2 Å². The maximum Gasteiger partial charge on any atom is 0.261 e. The molecule has 3 aliphatic rings. The number of fused-ring (bicyclic) bond motifs is 5. The molecule has 2 heterocycles. The number of allylic oxidation sites excluding steroid dienone is 2. The second kappa shape index (κ2) is 6.92. The molecule has 1 saturated carbocycles. The Balaban J connectivity index is 1.29. The molecule has 1 aromatic heterocycles. The van der Waals surface area contributed by atoms with E-state index in [0.29, 0.717) is 11.4 Å². The van der Waals surface area contributed by atoms with Crippen LogP contribution in [0.4, 0.5) is 0 Å². The largest absolute Gasteiger partial charge is 0.351 e. The van der Waals surface area contributed by atoms with Crippen molar-refractivity contribution < 1.29 is 19.2 Å². The zero-order valence-electron chi connectivity index (χ0n) is 14.9. The summed E-state index contributed by atoms with van der Waals surface area (Å²) >= 11 is 1.31. The number of rotatable bonds is 6. The number of nitrogens with zero attached hydrogens (tertiary/aromatic N) is 1. The van der Waals surface area contributed by atoms with Gasteiger partial charge < -0.3 is 10.6 Å². The van der Waals surface area contributed by atoms with Gasteiger partial charge in [-0.3, -0.25) is 24.1 Å². The first kappa shape index (κ1) is 17.9. The first-order chi connectivity index (χ1) is 13.0. The normalized spacial score (nSPS) is 28.0. The monoisotopic (exact) mass is 387 g/mol. The van der Waals surface area contributed by atoms with E-state index in [1.54, 1.807) is 12.1 Å². The van der Waals surface area contributed by atoms with Crippen molar-refractivity contribution in [2.24, 2.45) is 23.7 Å². The van der Waals surface area contributed by atoms with Crippen LogP contribution < -0.4 is 10.6 Å².